The molecule has 112 valence electrons. The third-order valence-corrected chi connectivity index (χ3v) is 5.53. The summed E-state index contributed by atoms with van der Waals surface area (Å²) in [4.78, 5) is 0. The molecule has 6 heteroatoms. The highest BCUT2D eigenvalue weighted by molar-refractivity contribution is 7.91. The van der Waals surface area contributed by atoms with Gasteiger partial charge in [0.2, 0.25) is 0 Å². The molecule has 0 aliphatic carbocycles. The molecule has 1 atom stereocenters. The van der Waals surface area contributed by atoms with Crippen LogP contribution in [0.15, 0.2) is 18.2 Å². The molecule has 2 rings (SSSR count). The summed E-state index contributed by atoms with van der Waals surface area (Å²) in [5.41, 5.74) is 6.29. The first kappa shape index (κ1) is 15.4. The van der Waals surface area contributed by atoms with E-state index in [-0.39, 0.29) is 17.5 Å². The summed E-state index contributed by atoms with van der Waals surface area (Å²) in [7, 11) is -2.90. The highest BCUT2D eigenvalue weighted by atomic mass is 32.2. The highest BCUT2D eigenvalue weighted by Gasteiger charge is 2.16. The topological polar surface area (TPSA) is 81.4 Å². The van der Waals surface area contributed by atoms with E-state index in [1.54, 1.807) is 6.92 Å². The normalized spacial score (nSPS) is 16.1. The monoisotopic (exact) mass is 298 g/mol. The number of hydrogen-bond donors (Lipinski definition) is 2. The summed E-state index contributed by atoms with van der Waals surface area (Å²) in [5.74, 6) is 6.02. The number of hydrazine groups is 1. The van der Waals surface area contributed by atoms with Gasteiger partial charge in [0, 0.05) is 11.8 Å². The van der Waals surface area contributed by atoms with Crippen molar-refractivity contribution in [1.29, 1.82) is 0 Å². The van der Waals surface area contributed by atoms with Crippen LogP contribution in [0.5, 0.6) is 0 Å². The number of nitrogens with one attached hydrogen (secondary N) is 1. The lowest BCUT2D eigenvalue weighted by atomic mass is 9.99. The van der Waals surface area contributed by atoms with Gasteiger partial charge in [-0.05, 0) is 29.5 Å². The molecule has 1 aromatic carbocycles. The van der Waals surface area contributed by atoms with E-state index in [2.05, 4.69) is 17.6 Å². The molecule has 0 bridgehead atoms. The van der Waals surface area contributed by atoms with E-state index in [9.17, 15) is 8.42 Å². The molecular weight excluding hydrogens is 276 g/mol. The highest BCUT2D eigenvalue weighted by Crippen LogP contribution is 2.25. The summed E-state index contributed by atoms with van der Waals surface area (Å²) in [6, 6.07) is 6.17. The minimum atomic E-state index is -2.90. The molecular formula is C14H22N2O3S. The van der Waals surface area contributed by atoms with Gasteiger partial charge in [-0.2, -0.15) is 0 Å². The summed E-state index contributed by atoms with van der Waals surface area (Å²) >= 11 is 0. The molecule has 0 radical (unpaired) electrons. The number of hydrogen-bond acceptors (Lipinski definition) is 5. The van der Waals surface area contributed by atoms with E-state index in [4.69, 9.17) is 10.6 Å². The van der Waals surface area contributed by atoms with Gasteiger partial charge >= 0.3 is 0 Å². The number of rotatable bonds is 7. The number of sulfone groups is 1. The van der Waals surface area contributed by atoms with E-state index < -0.39 is 9.84 Å². The largest absolute Gasteiger partial charge is 0.372 e. The van der Waals surface area contributed by atoms with Crippen molar-refractivity contribution < 1.29 is 13.2 Å². The van der Waals surface area contributed by atoms with Crippen LogP contribution in [0.25, 0.3) is 0 Å². The SMILES string of the molecule is CCS(=O)(=O)CCCC(NN)c1ccc2c(c1)COC2. The fraction of sp³-hybridized carbons (Fsp3) is 0.571. The van der Waals surface area contributed by atoms with Crippen LogP contribution in [0.1, 0.15) is 42.5 Å². The van der Waals surface area contributed by atoms with Crippen molar-refractivity contribution in [1.82, 2.24) is 5.43 Å². The first-order chi connectivity index (χ1) is 9.55. The van der Waals surface area contributed by atoms with Gasteiger partial charge in [-0.15, -0.1) is 0 Å². The standard InChI is InChI=1S/C14H22N2O3S/c1-2-20(17,18)7-3-4-14(16-15)11-5-6-12-9-19-10-13(12)8-11/h5-6,8,14,16H,2-4,7,9-10,15H2,1H3. The van der Waals surface area contributed by atoms with Crippen molar-refractivity contribution in [2.45, 2.75) is 39.0 Å². The quantitative estimate of drug-likeness (QED) is 0.588. The van der Waals surface area contributed by atoms with Gasteiger partial charge in [0.15, 0.2) is 0 Å². The van der Waals surface area contributed by atoms with Crippen molar-refractivity contribution in [2.75, 3.05) is 11.5 Å². The Labute approximate surface area is 120 Å². The van der Waals surface area contributed by atoms with Gasteiger partial charge < -0.3 is 4.74 Å². The maximum absolute atomic E-state index is 11.5. The van der Waals surface area contributed by atoms with Crippen molar-refractivity contribution in [3.8, 4) is 0 Å². The van der Waals surface area contributed by atoms with E-state index in [1.165, 1.54) is 11.1 Å². The van der Waals surface area contributed by atoms with Crippen LogP contribution in [-0.4, -0.2) is 19.9 Å². The van der Waals surface area contributed by atoms with Crippen LogP contribution in [-0.2, 0) is 27.8 Å². The summed E-state index contributed by atoms with van der Waals surface area (Å²) in [5, 5.41) is 0. The molecule has 1 heterocycles. The molecule has 0 amide bonds. The van der Waals surface area contributed by atoms with Crippen LogP contribution in [0, 0.1) is 0 Å². The van der Waals surface area contributed by atoms with Crippen LogP contribution in [0.2, 0.25) is 0 Å². The lowest BCUT2D eigenvalue weighted by molar-refractivity contribution is 0.134. The molecule has 1 aromatic rings. The Morgan fingerprint density at radius 2 is 2.10 bits per heavy atom. The molecule has 0 aromatic heterocycles. The second-order valence-corrected chi connectivity index (χ2v) is 7.59. The Hall–Kier alpha value is -0.950. The molecule has 0 fully saturated rings. The number of ether oxygens (including phenoxy) is 1. The smallest absolute Gasteiger partial charge is 0.150 e. The first-order valence-electron chi connectivity index (χ1n) is 6.91. The fourth-order valence-corrected chi connectivity index (χ4v) is 3.30. The zero-order valence-corrected chi connectivity index (χ0v) is 12.6. The molecule has 5 nitrogen and oxygen atoms in total. The Balaban J connectivity index is 1.98. The minimum absolute atomic E-state index is 0.0204. The van der Waals surface area contributed by atoms with Crippen LogP contribution >= 0.6 is 0 Å². The summed E-state index contributed by atoms with van der Waals surface area (Å²) in [6.07, 6.45) is 1.31. The third kappa shape index (κ3) is 3.79. The average molecular weight is 298 g/mol. The van der Waals surface area contributed by atoms with Crippen LogP contribution in [0.4, 0.5) is 0 Å². The minimum Gasteiger partial charge on any atom is -0.372 e. The summed E-state index contributed by atoms with van der Waals surface area (Å²) < 4.78 is 28.4. The maximum Gasteiger partial charge on any atom is 0.150 e. The lowest BCUT2D eigenvalue weighted by Crippen LogP contribution is -2.28. The Morgan fingerprint density at radius 1 is 1.35 bits per heavy atom. The van der Waals surface area contributed by atoms with Crippen LogP contribution in [0.3, 0.4) is 0 Å². The van der Waals surface area contributed by atoms with E-state index in [0.717, 1.165) is 5.56 Å². The van der Waals surface area contributed by atoms with Gasteiger partial charge in [-0.1, -0.05) is 25.1 Å². The molecule has 20 heavy (non-hydrogen) atoms. The Kier molecular flexibility index (Phi) is 5.15. The molecule has 0 spiro atoms. The van der Waals surface area contributed by atoms with Gasteiger partial charge in [0.1, 0.15) is 9.84 Å². The maximum atomic E-state index is 11.5. The molecule has 0 saturated heterocycles. The molecule has 0 saturated carbocycles. The van der Waals surface area contributed by atoms with Gasteiger partial charge in [0.25, 0.3) is 0 Å². The van der Waals surface area contributed by atoms with Crippen molar-refractivity contribution in [3.63, 3.8) is 0 Å². The van der Waals surface area contributed by atoms with E-state index in [1.807, 2.05) is 6.07 Å². The van der Waals surface area contributed by atoms with Gasteiger partial charge in [-0.25, -0.2) is 8.42 Å². The Bertz CT molecular complexity index is 558. The van der Waals surface area contributed by atoms with Gasteiger partial charge in [-0.3, -0.25) is 11.3 Å². The second kappa shape index (κ2) is 6.67. The Morgan fingerprint density at radius 3 is 2.80 bits per heavy atom. The lowest BCUT2D eigenvalue weighted by Gasteiger charge is -2.17. The number of benzene rings is 1. The first-order valence-corrected chi connectivity index (χ1v) is 8.74. The molecule has 1 aliphatic rings. The molecule has 1 aliphatic heterocycles. The van der Waals surface area contributed by atoms with E-state index in [0.29, 0.717) is 26.1 Å². The number of fused-ring (bicyclic) bond motifs is 1. The van der Waals surface area contributed by atoms with Gasteiger partial charge in [0.05, 0.1) is 19.0 Å². The predicted molar refractivity (Wildman–Crippen MR) is 78.6 cm³/mol. The predicted octanol–water partition coefficient (Wildman–Crippen LogP) is 1.44. The number of nitrogens with two attached hydrogens (primary N) is 1. The fourth-order valence-electron chi connectivity index (χ4n) is 2.41. The zero-order valence-electron chi connectivity index (χ0n) is 11.8. The zero-order chi connectivity index (χ0) is 14.6. The third-order valence-electron chi connectivity index (χ3n) is 3.74. The molecule has 1 unspecified atom stereocenters. The van der Waals surface area contributed by atoms with Crippen molar-refractivity contribution >= 4 is 9.84 Å². The molecule has 3 N–H and O–H groups in total. The average Bonchev–Trinajstić information content (AvgIpc) is 2.91. The van der Waals surface area contributed by atoms with Crippen molar-refractivity contribution in [3.05, 3.63) is 34.9 Å². The van der Waals surface area contributed by atoms with Crippen molar-refractivity contribution in [2.24, 2.45) is 5.84 Å². The summed E-state index contributed by atoms with van der Waals surface area (Å²) in [6.45, 7) is 2.99. The second-order valence-electron chi connectivity index (χ2n) is 5.12. The van der Waals surface area contributed by atoms with E-state index >= 15 is 0 Å². The van der Waals surface area contributed by atoms with Crippen LogP contribution < -0.4 is 11.3 Å².